The summed E-state index contributed by atoms with van der Waals surface area (Å²) >= 11 is 0. The summed E-state index contributed by atoms with van der Waals surface area (Å²) < 4.78 is 26.7. The molecule has 8 heteroatoms. The molecule has 1 aromatic rings. The number of carbonyl (C=O) groups excluding carboxylic acids is 1. The molecule has 0 unspecified atom stereocenters. The first-order valence-electron chi connectivity index (χ1n) is 9.36. The molecule has 26 heavy (non-hydrogen) atoms. The Hall–Kier alpha value is -1.48. The monoisotopic (exact) mass is 380 g/mol. The lowest BCUT2D eigenvalue weighted by molar-refractivity contribution is -0.122. The van der Waals surface area contributed by atoms with E-state index in [1.54, 1.807) is 30.3 Å². The molecule has 0 spiro atoms. The largest absolute Gasteiger partial charge is 0.353 e. The fraction of sp³-hybridized carbons (Fsp3) is 0.611. The van der Waals surface area contributed by atoms with E-state index in [1.165, 1.54) is 4.31 Å². The lowest BCUT2D eigenvalue weighted by Gasteiger charge is -2.31. The van der Waals surface area contributed by atoms with E-state index in [0.717, 1.165) is 25.9 Å². The summed E-state index contributed by atoms with van der Waals surface area (Å²) in [5.41, 5.74) is 6.20. The molecule has 1 aromatic carbocycles. The standard InChI is InChI=1S/C18H28N4O3S/c23-18(8-4-5-15-13-19-20-14-15)21-16-9-11-22(12-10-16)26(24,25)17-6-2-1-3-7-17/h1-3,6-7,15-16,19-20H,4-5,8-14H2,(H,21,23). The minimum atomic E-state index is -3.43. The van der Waals surface area contributed by atoms with Gasteiger partial charge in [-0.3, -0.25) is 15.6 Å². The van der Waals surface area contributed by atoms with E-state index in [2.05, 4.69) is 16.2 Å². The Morgan fingerprint density at radius 3 is 2.42 bits per heavy atom. The van der Waals surface area contributed by atoms with Gasteiger partial charge in [-0.2, -0.15) is 4.31 Å². The maximum atomic E-state index is 12.6. The maximum Gasteiger partial charge on any atom is 0.243 e. The predicted molar refractivity (Wildman–Crippen MR) is 99.7 cm³/mol. The molecule has 0 saturated carbocycles. The molecular weight excluding hydrogens is 352 g/mol. The molecule has 2 aliphatic rings. The molecule has 0 atom stereocenters. The molecule has 2 heterocycles. The van der Waals surface area contributed by atoms with Gasteiger partial charge in [-0.1, -0.05) is 18.2 Å². The second-order valence-electron chi connectivity index (χ2n) is 7.08. The number of benzene rings is 1. The molecule has 2 aliphatic heterocycles. The van der Waals surface area contributed by atoms with E-state index < -0.39 is 10.0 Å². The first kappa shape index (κ1) is 19.3. The maximum absolute atomic E-state index is 12.6. The summed E-state index contributed by atoms with van der Waals surface area (Å²) in [4.78, 5) is 12.4. The summed E-state index contributed by atoms with van der Waals surface area (Å²) in [5, 5.41) is 3.06. The van der Waals surface area contributed by atoms with Gasteiger partial charge in [-0.05, 0) is 43.7 Å². The van der Waals surface area contributed by atoms with Gasteiger partial charge in [0.1, 0.15) is 0 Å². The van der Waals surface area contributed by atoms with Crippen molar-refractivity contribution in [3.8, 4) is 0 Å². The highest BCUT2D eigenvalue weighted by molar-refractivity contribution is 7.89. The summed E-state index contributed by atoms with van der Waals surface area (Å²) in [5.74, 6) is 0.683. The second kappa shape index (κ2) is 8.94. The number of nitrogens with one attached hydrogen (secondary N) is 3. The van der Waals surface area contributed by atoms with Crippen LogP contribution in [0.25, 0.3) is 0 Å². The summed E-state index contributed by atoms with van der Waals surface area (Å²) in [6, 6.07) is 8.59. The number of hydrogen-bond acceptors (Lipinski definition) is 5. The summed E-state index contributed by atoms with van der Waals surface area (Å²) in [6.07, 6.45) is 3.80. The van der Waals surface area contributed by atoms with E-state index in [0.29, 0.717) is 43.2 Å². The van der Waals surface area contributed by atoms with Crippen molar-refractivity contribution in [2.24, 2.45) is 5.92 Å². The van der Waals surface area contributed by atoms with Crippen LogP contribution in [0.1, 0.15) is 32.1 Å². The Bertz CT molecular complexity index is 682. The third-order valence-electron chi connectivity index (χ3n) is 5.12. The van der Waals surface area contributed by atoms with Gasteiger partial charge in [0.05, 0.1) is 4.90 Å². The van der Waals surface area contributed by atoms with Crippen LogP contribution in [0.5, 0.6) is 0 Å². The first-order valence-corrected chi connectivity index (χ1v) is 10.8. The van der Waals surface area contributed by atoms with E-state index in [9.17, 15) is 13.2 Å². The smallest absolute Gasteiger partial charge is 0.243 e. The van der Waals surface area contributed by atoms with E-state index >= 15 is 0 Å². The third-order valence-corrected chi connectivity index (χ3v) is 7.04. The minimum Gasteiger partial charge on any atom is -0.353 e. The van der Waals surface area contributed by atoms with Crippen molar-refractivity contribution in [3.63, 3.8) is 0 Å². The Kier molecular flexibility index (Phi) is 6.63. The van der Waals surface area contributed by atoms with Gasteiger partial charge in [0, 0.05) is 38.6 Å². The Balaban J connectivity index is 1.40. The zero-order valence-electron chi connectivity index (χ0n) is 15.0. The van der Waals surface area contributed by atoms with Crippen molar-refractivity contribution in [3.05, 3.63) is 30.3 Å². The quantitative estimate of drug-likeness (QED) is 0.652. The van der Waals surface area contributed by atoms with Crippen LogP contribution in [0, 0.1) is 5.92 Å². The van der Waals surface area contributed by atoms with Gasteiger partial charge < -0.3 is 5.32 Å². The van der Waals surface area contributed by atoms with Crippen LogP contribution >= 0.6 is 0 Å². The SMILES string of the molecule is O=C(CCCC1CNNC1)NC1CCN(S(=O)(=O)c2ccccc2)CC1. The van der Waals surface area contributed by atoms with Crippen molar-refractivity contribution in [1.82, 2.24) is 20.5 Å². The van der Waals surface area contributed by atoms with Gasteiger partial charge in [0.15, 0.2) is 0 Å². The van der Waals surface area contributed by atoms with Gasteiger partial charge in [0.25, 0.3) is 0 Å². The average Bonchev–Trinajstić information content (AvgIpc) is 3.16. The molecule has 0 aromatic heterocycles. The van der Waals surface area contributed by atoms with Crippen LogP contribution in [0.4, 0.5) is 0 Å². The Labute approximate surface area is 155 Å². The molecule has 1 amide bonds. The van der Waals surface area contributed by atoms with Crippen LogP contribution in [-0.2, 0) is 14.8 Å². The number of hydrazine groups is 1. The topological polar surface area (TPSA) is 90.5 Å². The van der Waals surface area contributed by atoms with E-state index in [-0.39, 0.29) is 11.9 Å². The molecule has 0 aliphatic carbocycles. The molecule has 0 radical (unpaired) electrons. The fourth-order valence-electron chi connectivity index (χ4n) is 3.54. The number of sulfonamides is 1. The highest BCUT2D eigenvalue weighted by Gasteiger charge is 2.29. The minimum absolute atomic E-state index is 0.0690. The molecule has 144 valence electrons. The highest BCUT2D eigenvalue weighted by Crippen LogP contribution is 2.20. The normalized spacial score (nSPS) is 20.3. The second-order valence-corrected chi connectivity index (χ2v) is 9.02. The molecule has 2 saturated heterocycles. The molecule has 0 bridgehead atoms. The number of hydrogen-bond donors (Lipinski definition) is 3. The Morgan fingerprint density at radius 1 is 1.12 bits per heavy atom. The first-order chi connectivity index (χ1) is 12.6. The van der Waals surface area contributed by atoms with Crippen molar-refractivity contribution >= 4 is 15.9 Å². The van der Waals surface area contributed by atoms with E-state index in [1.807, 2.05) is 0 Å². The van der Waals surface area contributed by atoms with E-state index in [4.69, 9.17) is 0 Å². The van der Waals surface area contributed by atoms with Gasteiger partial charge >= 0.3 is 0 Å². The van der Waals surface area contributed by atoms with Gasteiger partial charge in [-0.25, -0.2) is 8.42 Å². The van der Waals surface area contributed by atoms with Gasteiger partial charge in [0.2, 0.25) is 15.9 Å². The van der Waals surface area contributed by atoms with Gasteiger partial charge in [-0.15, -0.1) is 0 Å². The molecule has 3 rings (SSSR count). The average molecular weight is 381 g/mol. The van der Waals surface area contributed by atoms with Crippen LogP contribution < -0.4 is 16.2 Å². The summed E-state index contributed by atoms with van der Waals surface area (Å²) in [6.45, 7) is 2.83. The fourth-order valence-corrected chi connectivity index (χ4v) is 5.03. The highest BCUT2D eigenvalue weighted by atomic mass is 32.2. The van der Waals surface area contributed by atoms with Crippen molar-refractivity contribution in [1.29, 1.82) is 0 Å². The molecular formula is C18H28N4O3S. The molecule has 7 nitrogen and oxygen atoms in total. The number of amides is 1. The van der Waals surface area contributed by atoms with Crippen LogP contribution in [0.3, 0.4) is 0 Å². The van der Waals surface area contributed by atoms with Crippen LogP contribution in [0.2, 0.25) is 0 Å². The van der Waals surface area contributed by atoms with Crippen LogP contribution in [0.15, 0.2) is 35.2 Å². The number of rotatable bonds is 7. The number of carbonyl (C=O) groups is 1. The molecule has 2 fully saturated rings. The summed E-state index contributed by atoms with van der Waals surface area (Å²) in [7, 11) is -3.43. The lowest BCUT2D eigenvalue weighted by atomic mass is 10.0. The number of nitrogens with zero attached hydrogens (tertiary/aromatic N) is 1. The Morgan fingerprint density at radius 2 is 1.77 bits per heavy atom. The zero-order chi connectivity index (χ0) is 18.4. The lowest BCUT2D eigenvalue weighted by Crippen LogP contribution is -2.46. The third kappa shape index (κ3) is 5.03. The van der Waals surface area contributed by atoms with Crippen molar-refractivity contribution in [2.45, 2.75) is 43.0 Å². The number of piperidine rings is 1. The van der Waals surface area contributed by atoms with Crippen molar-refractivity contribution in [2.75, 3.05) is 26.2 Å². The molecule has 3 N–H and O–H groups in total. The van der Waals surface area contributed by atoms with Crippen LogP contribution in [-0.4, -0.2) is 50.9 Å². The van der Waals surface area contributed by atoms with Crippen molar-refractivity contribution < 1.29 is 13.2 Å². The predicted octanol–water partition coefficient (Wildman–Crippen LogP) is 0.850. The zero-order valence-corrected chi connectivity index (χ0v) is 15.8.